The molecule has 0 heterocycles. The summed E-state index contributed by atoms with van der Waals surface area (Å²) in [5.41, 5.74) is 1.10. The molecule has 0 aliphatic rings. The van der Waals surface area contributed by atoms with Gasteiger partial charge in [-0.05, 0) is 66.7 Å². The topological polar surface area (TPSA) is 38.8 Å². The smallest absolute Gasteiger partial charge is 0.262 e. The first-order valence-corrected chi connectivity index (χ1v) is 8.87. The number of hydrogen-bond donors (Lipinski definition) is 0. The maximum absolute atomic E-state index is 14.1. The summed E-state index contributed by atoms with van der Waals surface area (Å²) in [6.07, 6.45) is 0. The molecule has 3 rings (SSSR count). The lowest BCUT2D eigenvalue weighted by Crippen LogP contribution is -2.26. The Morgan fingerprint density at radius 2 is 1.52 bits per heavy atom. The zero-order valence-corrected chi connectivity index (χ0v) is 16.6. The third kappa shape index (κ3) is 4.24. The van der Waals surface area contributed by atoms with E-state index in [-0.39, 0.29) is 11.3 Å². The Hall–Kier alpha value is -2.55. The van der Waals surface area contributed by atoms with E-state index in [1.807, 2.05) is 0 Å². The zero-order valence-electron chi connectivity index (χ0n) is 14.1. The fourth-order valence-electron chi connectivity index (χ4n) is 2.53. The first-order valence-electron chi connectivity index (χ1n) is 7.82. The summed E-state index contributed by atoms with van der Waals surface area (Å²) < 4.78 is 37.4. The molecule has 27 heavy (non-hydrogen) atoms. The van der Waals surface area contributed by atoms with Crippen molar-refractivity contribution in [1.29, 1.82) is 0 Å². The van der Waals surface area contributed by atoms with E-state index in [1.54, 1.807) is 24.3 Å². The van der Waals surface area contributed by atoms with E-state index in [2.05, 4.69) is 9.47 Å². The molecule has 3 aromatic rings. The fourth-order valence-corrected chi connectivity index (χ4v) is 2.92. The highest BCUT2D eigenvalue weighted by atomic mass is 31.0. The fraction of sp³-hybridized carbons (Fsp3) is 0. The Kier molecular flexibility index (Phi) is 6.00. The molecule has 0 aliphatic carbocycles. The molecule has 138 valence electrons. The summed E-state index contributed by atoms with van der Waals surface area (Å²) in [6, 6.07) is 16.2. The summed E-state index contributed by atoms with van der Waals surface area (Å²) in [7, 11) is 3.28. The molecule has 1 amide bonds. The van der Waals surface area contributed by atoms with Gasteiger partial charge in [-0.2, -0.15) is 0 Å². The van der Waals surface area contributed by atoms with Crippen LogP contribution in [-0.2, 0) is 0 Å². The molecule has 0 spiro atoms. The summed E-state index contributed by atoms with van der Waals surface area (Å²) in [6.45, 7) is 0. The summed E-state index contributed by atoms with van der Waals surface area (Å²) in [4.78, 5) is 14.5. The van der Waals surface area contributed by atoms with Crippen LogP contribution in [0.4, 0.5) is 20.2 Å². The predicted octanol–water partition coefficient (Wildman–Crippen LogP) is 5.01. The molecular formula is C19H16F2NO3P2+. The van der Waals surface area contributed by atoms with Crippen LogP contribution in [0.1, 0.15) is 10.4 Å². The van der Waals surface area contributed by atoms with Crippen LogP contribution in [0.2, 0.25) is 0 Å². The molecule has 2 atom stereocenters. The number of nitrogens with zero attached hydrogens (tertiary/aromatic N) is 1. The van der Waals surface area contributed by atoms with E-state index in [0.717, 1.165) is 15.5 Å². The van der Waals surface area contributed by atoms with Crippen molar-refractivity contribution in [3.8, 4) is 11.5 Å². The molecule has 0 N–H and O–H groups in total. The Morgan fingerprint density at radius 3 is 2.04 bits per heavy atom. The van der Waals surface area contributed by atoms with Gasteiger partial charge in [0.05, 0.1) is 9.47 Å². The number of benzene rings is 3. The second-order valence-electron chi connectivity index (χ2n) is 5.52. The van der Waals surface area contributed by atoms with Crippen molar-refractivity contribution in [2.75, 3.05) is 4.90 Å². The van der Waals surface area contributed by atoms with E-state index in [4.69, 9.17) is 9.05 Å². The molecule has 0 fully saturated rings. The van der Waals surface area contributed by atoms with Crippen LogP contribution in [0.5, 0.6) is 11.5 Å². The standard InChI is InChI=1S/C19H16F2NO3P2/c20-13-2-4-14(5-3-13)22(15-6-8-16(24-26)9-7-15)19(23)12-1-10-18(25-27)17(21)11-12/h1-11H,26H2,27H3/q+1. The summed E-state index contributed by atoms with van der Waals surface area (Å²) >= 11 is 0. The number of hydrogen-bond acceptors (Lipinski definition) is 3. The molecule has 0 aromatic heterocycles. The highest BCUT2D eigenvalue weighted by Gasteiger charge is 2.21. The van der Waals surface area contributed by atoms with Crippen LogP contribution in [0.3, 0.4) is 0 Å². The van der Waals surface area contributed by atoms with E-state index in [9.17, 15) is 13.6 Å². The monoisotopic (exact) mass is 406 g/mol. The third-order valence-electron chi connectivity index (χ3n) is 3.85. The molecule has 0 saturated heterocycles. The van der Waals surface area contributed by atoms with E-state index >= 15 is 0 Å². The average molecular weight is 406 g/mol. The lowest BCUT2D eigenvalue weighted by molar-refractivity contribution is 0.0998. The van der Waals surface area contributed by atoms with E-state index in [0.29, 0.717) is 17.1 Å². The quantitative estimate of drug-likeness (QED) is 0.559. The van der Waals surface area contributed by atoms with Crippen LogP contribution in [0.25, 0.3) is 0 Å². The van der Waals surface area contributed by atoms with Gasteiger partial charge in [-0.15, -0.1) is 0 Å². The highest BCUT2D eigenvalue weighted by Crippen LogP contribution is 2.31. The van der Waals surface area contributed by atoms with Gasteiger partial charge >= 0.3 is 0 Å². The number of carbonyl (C=O) groups is 1. The first-order chi connectivity index (χ1) is 13.0. The number of anilines is 2. The minimum Gasteiger partial charge on any atom is -0.480 e. The maximum atomic E-state index is 14.1. The molecule has 0 bridgehead atoms. The van der Waals surface area contributed by atoms with Gasteiger partial charge in [0, 0.05) is 16.9 Å². The van der Waals surface area contributed by atoms with Crippen LogP contribution < -0.4 is 13.9 Å². The molecule has 2 unspecified atom stereocenters. The predicted molar refractivity (Wildman–Crippen MR) is 108 cm³/mol. The van der Waals surface area contributed by atoms with Gasteiger partial charge in [0.2, 0.25) is 5.75 Å². The van der Waals surface area contributed by atoms with Crippen LogP contribution in [0, 0.1) is 11.6 Å². The van der Waals surface area contributed by atoms with Crippen molar-refractivity contribution in [3.05, 3.63) is 83.9 Å². The minimum absolute atomic E-state index is 0.0557. The van der Waals surface area contributed by atoms with Gasteiger partial charge in [-0.3, -0.25) is 9.69 Å². The third-order valence-corrected chi connectivity index (χ3v) is 4.44. The van der Waals surface area contributed by atoms with Crippen molar-refractivity contribution in [3.63, 3.8) is 0 Å². The molecule has 4 nitrogen and oxygen atoms in total. The maximum Gasteiger partial charge on any atom is 0.262 e. The first kappa shape index (κ1) is 19.2. The van der Waals surface area contributed by atoms with E-state index < -0.39 is 17.5 Å². The van der Waals surface area contributed by atoms with Crippen molar-refractivity contribution < 1.29 is 22.6 Å². The zero-order chi connectivity index (χ0) is 19.4. The van der Waals surface area contributed by atoms with Gasteiger partial charge in [0.15, 0.2) is 15.3 Å². The Morgan fingerprint density at radius 1 is 0.926 bits per heavy atom. The molecule has 0 radical (unpaired) electrons. The van der Waals surface area contributed by atoms with E-state index in [1.165, 1.54) is 41.3 Å². The van der Waals surface area contributed by atoms with Gasteiger partial charge in [0.25, 0.3) is 5.91 Å². The highest BCUT2D eigenvalue weighted by molar-refractivity contribution is 7.10. The molecule has 0 saturated carbocycles. The SMILES string of the molecule is O=C(c1ccc(O[PH3+])c(F)c1)N(c1ccc(F)cc1)c1ccc(OP)cc1. The molecule has 3 aromatic carbocycles. The Bertz CT molecular complexity index is 950. The summed E-state index contributed by atoms with van der Waals surface area (Å²) in [5, 5.41) is 0. The Labute approximate surface area is 159 Å². The second-order valence-corrected chi connectivity index (χ2v) is 6.04. The average Bonchev–Trinajstić information content (AvgIpc) is 2.70. The molecule has 0 aliphatic heterocycles. The van der Waals surface area contributed by atoms with Crippen LogP contribution in [0.15, 0.2) is 66.7 Å². The van der Waals surface area contributed by atoms with Gasteiger partial charge < -0.3 is 9.05 Å². The van der Waals surface area contributed by atoms with Gasteiger partial charge in [-0.25, -0.2) is 8.78 Å². The van der Waals surface area contributed by atoms with Crippen molar-refractivity contribution in [2.45, 2.75) is 0 Å². The number of amides is 1. The van der Waals surface area contributed by atoms with Crippen molar-refractivity contribution >= 4 is 36.2 Å². The van der Waals surface area contributed by atoms with Crippen LogP contribution >= 0.6 is 18.9 Å². The number of carbonyl (C=O) groups excluding carboxylic acids is 1. The minimum atomic E-state index is -0.637. The Balaban J connectivity index is 2.06. The van der Waals surface area contributed by atoms with Gasteiger partial charge in [0.1, 0.15) is 11.6 Å². The lowest BCUT2D eigenvalue weighted by Gasteiger charge is -2.23. The molecular weight excluding hydrogens is 390 g/mol. The molecule has 8 heteroatoms. The second kappa shape index (κ2) is 8.43. The van der Waals surface area contributed by atoms with Crippen LogP contribution in [-0.4, -0.2) is 5.91 Å². The van der Waals surface area contributed by atoms with Gasteiger partial charge in [-0.1, -0.05) is 0 Å². The number of halogens is 2. The largest absolute Gasteiger partial charge is 0.480 e. The lowest BCUT2D eigenvalue weighted by atomic mass is 10.1. The van der Waals surface area contributed by atoms with Crippen molar-refractivity contribution in [2.24, 2.45) is 0 Å². The number of rotatable bonds is 5. The van der Waals surface area contributed by atoms with Crippen molar-refractivity contribution in [1.82, 2.24) is 0 Å². The summed E-state index contributed by atoms with van der Waals surface area (Å²) in [5.74, 6) is -0.882. The normalized spacial score (nSPS) is 10.5.